The van der Waals surface area contributed by atoms with Crippen molar-refractivity contribution in [1.29, 1.82) is 0 Å². The van der Waals surface area contributed by atoms with Crippen LogP contribution in [0.3, 0.4) is 0 Å². The van der Waals surface area contributed by atoms with Gasteiger partial charge in [0.15, 0.2) is 0 Å². The number of nitrogens with one attached hydrogen (secondary N) is 2. The third-order valence-corrected chi connectivity index (χ3v) is 7.54. The molecule has 3 N–H and O–H groups in total. The number of aliphatic hydroxyl groups is 1. The molecule has 0 bridgehead atoms. The van der Waals surface area contributed by atoms with E-state index in [1.54, 1.807) is 25.2 Å². The molecule has 1 saturated heterocycles. The molecule has 3 amide bonds. The van der Waals surface area contributed by atoms with Crippen LogP contribution in [0.1, 0.15) is 65.3 Å². The minimum Gasteiger partial charge on any atom is -0.391 e. The van der Waals surface area contributed by atoms with Crippen molar-refractivity contribution in [2.75, 3.05) is 6.54 Å². The van der Waals surface area contributed by atoms with Crippen LogP contribution in [0.15, 0.2) is 29.8 Å². The Hall–Kier alpha value is -2.78. The quantitative estimate of drug-likeness (QED) is 0.524. The van der Waals surface area contributed by atoms with E-state index in [0.29, 0.717) is 0 Å². The zero-order chi connectivity index (χ0) is 26.8. The Morgan fingerprint density at radius 3 is 2.28 bits per heavy atom. The van der Waals surface area contributed by atoms with Crippen LogP contribution in [-0.4, -0.2) is 57.4 Å². The smallest absolute Gasteiger partial charge is 0.246 e. The molecule has 1 aliphatic heterocycles. The van der Waals surface area contributed by atoms with Crippen molar-refractivity contribution >= 4 is 29.1 Å². The Morgan fingerprint density at radius 2 is 1.75 bits per heavy atom. The summed E-state index contributed by atoms with van der Waals surface area (Å²) in [5.74, 6) is -1.18. The van der Waals surface area contributed by atoms with Gasteiger partial charge in [-0.3, -0.25) is 14.4 Å². The van der Waals surface area contributed by atoms with Gasteiger partial charge in [0.05, 0.1) is 28.2 Å². The first-order chi connectivity index (χ1) is 16.8. The van der Waals surface area contributed by atoms with E-state index in [2.05, 4.69) is 15.6 Å². The highest BCUT2D eigenvalue weighted by Gasteiger charge is 2.44. The number of thiazole rings is 1. The number of carbonyl (C=O) groups excluding carboxylic acids is 3. The lowest BCUT2D eigenvalue weighted by Gasteiger charge is -2.36. The van der Waals surface area contributed by atoms with E-state index in [1.807, 2.05) is 64.4 Å². The number of hydrogen-bond acceptors (Lipinski definition) is 6. The summed E-state index contributed by atoms with van der Waals surface area (Å²) in [6.45, 7) is 13.1. The summed E-state index contributed by atoms with van der Waals surface area (Å²) in [4.78, 5) is 46.1. The zero-order valence-corrected chi connectivity index (χ0v) is 23.0. The van der Waals surface area contributed by atoms with E-state index < -0.39 is 23.6 Å². The summed E-state index contributed by atoms with van der Waals surface area (Å²) in [6, 6.07) is 6.06. The second kappa shape index (κ2) is 11.1. The molecule has 2 aromatic rings. The van der Waals surface area contributed by atoms with Crippen molar-refractivity contribution < 1.29 is 19.5 Å². The maximum Gasteiger partial charge on any atom is 0.246 e. The van der Waals surface area contributed by atoms with Gasteiger partial charge in [-0.05, 0) is 30.4 Å². The number of carbonyl (C=O) groups is 3. The largest absolute Gasteiger partial charge is 0.391 e. The van der Waals surface area contributed by atoms with E-state index in [4.69, 9.17) is 0 Å². The third kappa shape index (κ3) is 6.31. The fourth-order valence-electron chi connectivity index (χ4n) is 4.32. The summed E-state index contributed by atoms with van der Waals surface area (Å²) in [7, 11) is 0. The molecule has 9 heteroatoms. The van der Waals surface area contributed by atoms with Gasteiger partial charge >= 0.3 is 0 Å². The Morgan fingerprint density at radius 1 is 1.11 bits per heavy atom. The molecule has 0 spiro atoms. The SMILES string of the molecule is Cc1ncsc1-c1ccc([C@H](C)NC(=O)C2C[C@@H](O)CN2C(=O)[C@@H](NC(=O)C(C)C)C(C)(C)C)cc1. The van der Waals surface area contributed by atoms with Gasteiger partial charge in [0.25, 0.3) is 0 Å². The number of hydrogen-bond donors (Lipinski definition) is 3. The second-order valence-electron chi connectivity index (χ2n) is 11.0. The molecule has 1 unspecified atom stereocenters. The minimum atomic E-state index is -0.812. The fourth-order valence-corrected chi connectivity index (χ4v) is 5.14. The first-order valence-electron chi connectivity index (χ1n) is 12.4. The minimum absolute atomic E-state index is 0.0539. The van der Waals surface area contributed by atoms with E-state index in [1.165, 1.54) is 4.90 Å². The van der Waals surface area contributed by atoms with Crippen LogP contribution >= 0.6 is 11.3 Å². The first-order valence-corrected chi connectivity index (χ1v) is 13.3. The number of aryl methyl sites for hydroxylation is 1. The summed E-state index contributed by atoms with van der Waals surface area (Å²) in [6.07, 6.45) is -0.647. The van der Waals surface area contributed by atoms with Gasteiger partial charge in [-0.15, -0.1) is 11.3 Å². The topological polar surface area (TPSA) is 112 Å². The van der Waals surface area contributed by atoms with Crippen LogP contribution < -0.4 is 10.6 Å². The lowest BCUT2D eigenvalue weighted by atomic mass is 9.85. The highest BCUT2D eigenvalue weighted by Crippen LogP contribution is 2.29. The lowest BCUT2D eigenvalue weighted by Crippen LogP contribution is -2.58. The number of aliphatic hydroxyl groups excluding tert-OH is 1. The van der Waals surface area contributed by atoms with Gasteiger partial charge in [-0.25, -0.2) is 4.98 Å². The summed E-state index contributed by atoms with van der Waals surface area (Å²) in [5, 5.41) is 16.2. The summed E-state index contributed by atoms with van der Waals surface area (Å²) < 4.78 is 0. The number of likely N-dealkylation sites (tertiary alicyclic amines) is 1. The highest BCUT2D eigenvalue weighted by atomic mass is 32.1. The molecule has 1 aromatic heterocycles. The lowest BCUT2D eigenvalue weighted by molar-refractivity contribution is -0.144. The third-order valence-electron chi connectivity index (χ3n) is 6.57. The molecule has 8 nitrogen and oxygen atoms in total. The molecule has 0 radical (unpaired) electrons. The van der Waals surface area contributed by atoms with Gasteiger partial charge in [0.2, 0.25) is 17.7 Å². The number of β-amino-alcohol motifs (C(OH)–C–C–N with tert-alkyl or cyclic N) is 1. The molecule has 1 aromatic carbocycles. The molecule has 196 valence electrons. The molecule has 4 atom stereocenters. The molecule has 2 heterocycles. The number of rotatable bonds is 7. The van der Waals surface area contributed by atoms with E-state index in [-0.39, 0.29) is 42.6 Å². The predicted molar refractivity (Wildman–Crippen MR) is 141 cm³/mol. The monoisotopic (exact) mass is 514 g/mol. The van der Waals surface area contributed by atoms with Crippen molar-refractivity contribution in [1.82, 2.24) is 20.5 Å². The number of amides is 3. The Balaban J connectivity index is 1.73. The summed E-state index contributed by atoms with van der Waals surface area (Å²) in [5.41, 5.74) is 4.24. The van der Waals surface area contributed by atoms with Gasteiger partial charge < -0.3 is 20.6 Å². The second-order valence-corrected chi connectivity index (χ2v) is 11.8. The van der Waals surface area contributed by atoms with Crippen molar-refractivity contribution in [2.45, 2.75) is 79.1 Å². The average molecular weight is 515 g/mol. The van der Waals surface area contributed by atoms with Crippen LogP contribution in [0, 0.1) is 18.3 Å². The molecule has 0 aliphatic carbocycles. The fraction of sp³-hybridized carbons (Fsp3) is 0.556. The van der Waals surface area contributed by atoms with Crippen molar-refractivity contribution in [3.05, 3.63) is 41.0 Å². The molecule has 0 saturated carbocycles. The van der Waals surface area contributed by atoms with Crippen LogP contribution in [0.2, 0.25) is 0 Å². The van der Waals surface area contributed by atoms with Crippen LogP contribution in [-0.2, 0) is 14.4 Å². The normalized spacial score (nSPS) is 19.8. The van der Waals surface area contributed by atoms with E-state index in [9.17, 15) is 19.5 Å². The van der Waals surface area contributed by atoms with Crippen molar-refractivity contribution in [3.63, 3.8) is 0 Å². The highest BCUT2D eigenvalue weighted by molar-refractivity contribution is 7.13. The molecular weight excluding hydrogens is 476 g/mol. The Kier molecular flexibility index (Phi) is 8.56. The maximum absolute atomic E-state index is 13.6. The molecular formula is C27H38N4O4S. The van der Waals surface area contributed by atoms with Crippen molar-refractivity contribution in [2.24, 2.45) is 11.3 Å². The summed E-state index contributed by atoms with van der Waals surface area (Å²) >= 11 is 1.59. The van der Waals surface area contributed by atoms with Gasteiger partial charge in [-0.1, -0.05) is 58.9 Å². The first kappa shape index (κ1) is 27.8. The van der Waals surface area contributed by atoms with Crippen LogP contribution in [0.25, 0.3) is 10.4 Å². The molecule has 1 fully saturated rings. The van der Waals surface area contributed by atoms with Crippen molar-refractivity contribution in [3.8, 4) is 10.4 Å². The van der Waals surface area contributed by atoms with Gasteiger partial charge in [0.1, 0.15) is 12.1 Å². The predicted octanol–water partition coefficient (Wildman–Crippen LogP) is 3.44. The number of nitrogens with zero attached hydrogens (tertiary/aromatic N) is 2. The average Bonchev–Trinajstić information content (AvgIpc) is 3.41. The standard InChI is InChI=1S/C27H38N4O4S/c1-15(2)24(33)30-23(27(5,6)7)26(35)31-13-20(32)12-21(31)25(34)29-16(3)18-8-10-19(11-9-18)22-17(4)28-14-36-22/h8-11,14-16,20-21,23,32H,12-13H2,1-7H3,(H,29,34)(H,30,33)/t16-,20+,21?,23+/m0/s1. The maximum atomic E-state index is 13.6. The van der Waals surface area contributed by atoms with Gasteiger partial charge in [-0.2, -0.15) is 0 Å². The zero-order valence-electron chi connectivity index (χ0n) is 22.2. The molecule has 1 aliphatic rings. The number of aromatic nitrogens is 1. The van der Waals surface area contributed by atoms with E-state index in [0.717, 1.165) is 21.7 Å². The molecule has 3 rings (SSSR count). The van der Waals surface area contributed by atoms with E-state index >= 15 is 0 Å². The van der Waals surface area contributed by atoms with Crippen LogP contribution in [0.4, 0.5) is 0 Å². The van der Waals surface area contributed by atoms with Gasteiger partial charge in [0, 0.05) is 18.9 Å². The number of benzene rings is 1. The van der Waals surface area contributed by atoms with Crippen LogP contribution in [0.5, 0.6) is 0 Å². The molecule has 36 heavy (non-hydrogen) atoms. The Bertz CT molecular complexity index is 1090. The Labute approximate surface area is 217 Å².